The first-order chi connectivity index (χ1) is 10.1. The zero-order chi connectivity index (χ0) is 15.2. The molecule has 1 heterocycles. The Morgan fingerprint density at radius 3 is 2.67 bits per heavy atom. The summed E-state index contributed by atoms with van der Waals surface area (Å²) in [7, 11) is 0. The molecule has 1 aromatic carbocycles. The summed E-state index contributed by atoms with van der Waals surface area (Å²) in [6.07, 6.45) is 1.61. The molecule has 0 aromatic heterocycles. The Morgan fingerprint density at radius 1 is 1.38 bits per heavy atom. The molecule has 0 spiro atoms. The van der Waals surface area contributed by atoms with Crippen molar-refractivity contribution in [3.63, 3.8) is 0 Å². The van der Waals surface area contributed by atoms with Gasteiger partial charge in [0.05, 0.1) is 17.5 Å². The highest BCUT2D eigenvalue weighted by Gasteiger charge is 2.23. The van der Waals surface area contributed by atoms with Crippen molar-refractivity contribution in [2.24, 2.45) is 0 Å². The van der Waals surface area contributed by atoms with Crippen molar-refractivity contribution in [2.45, 2.75) is 0 Å². The normalized spacial score (nSPS) is 12.6. The standard InChI is InChI=1S/C13H15N3O5/c1-2-3-14-8-13(17)15-9-6-11-12(21-5-4-20-11)7-10(9)16(18)19/h2,6-7,14H,1,3-5,8H2,(H,15,17). The van der Waals surface area contributed by atoms with Crippen molar-refractivity contribution in [2.75, 3.05) is 31.6 Å². The number of hydrogen-bond acceptors (Lipinski definition) is 6. The third-order valence-corrected chi connectivity index (χ3v) is 2.71. The molecule has 21 heavy (non-hydrogen) atoms. The summed E-state index contributed by atoms with van der Waals surface area (Å²) < 4.78 is 10.6. The maximum Gasteiger partial charge on any atom is 0.296 e. The van der Waals surface area contributed by atoms with E-state index in [1.807, 2.05) is 0 Å². The van der Waals surface area contributed by atoms with E-state index in [9.17, 15) is 14.9 Å². The zero-order valence-corrected chi connectivity index (χ0v) is 11.3. The van der Waals surface area contributed by atoms with Gasteiger partial charge in [0.25, 0.3) is 5.69 Å². The first-order valence-electron chi connectivity index (χ1n) is 6.31. The fraction of sp³-hybridized carbons (Fsp3) is 0.308. The van der Waals surface area contributed by atoms with Crippen LogP contribution in [0.4, 0.5) is 11.4 Å². The molecule has 0 bridgehead atoms. The quantitative estimate of drug-likeness (QED) is 0.352. The van der Waals surface area contributed by atoms with E-state index in [2.05, 4.69) is 17.2 Å². The lowest BCUT2D eigenvalue weighted by atomic mass is 10.2. The molecule has 0 fully saturated rings. The number of benzene rings is 1. The van der Waals surface area contributed by atoms with E-state index in [1.165, 1.54) is 12.1 Å². The Labute approximate surface area is 120 Å². The molecule has 1 aliphatic heterocycles. The fourth-order valence-corrected chi connectivity index (χ4v) is 1.81. The second kappa shape index (κ2) is 6.71. The van der Waals surface area contributed by atoms with Gasteiger partial charge in [-0.1, -0.05) is 6.08 Å². The average molecular weight is 293 g/mol. The molecule has 1 aromatic rings. The molecule has 112 valence electrons. The molecule has 0 atom stereocenters. The van der Waals surface area contributed by atoms with Crippen LogP contribution in [0.2, 0.25) is 0 Å². The molecular formula is C13H15N3O5. The number of nitro groups is 1. The summed E-state index contributed by atoms with van der Waals surface area (Å²) >= 11 is 0. The van der Waals surface area contributed by atoms with Gasteiger partial charge in [-0.15, -0.1) is 6.58 Å². The number of carbonyl (C=O) groups excluding carboxylic acids is 1. The van der Waals surface area contributed by atoms with Crippen LogP contribution in [-0.4, -0.2) is 37.1 Å². The highest BCUT2D eigenvalue weighted by atomic mass is 16.6. The lowest BCUT2D eigenvalue weighted by Crippen LogP contribution is -2.28. The molecule has 0 saturated carbocycles. The Bertz CT molecular complexity index is 573. The minimum atomic E-state index is -0.578. The van der Waals surface area contributed by atoms with E-state index in [1.54, 1.807) is 6.08 Å². The summed E-state index contributed by atoms with van der Waals surface area (Å²) in [5.41, 5.74) is -0.161. The van der Waals surface area contributed by atoms with Crippen molar-refractivity contribution in [1.82, 2.24) is 5.32 Å². The smallest absolute Gasteiger partial charge is 0.296 e. The molecule has 0 aliphatic carbocycles. The molecule has 1 amide bonds. The number of hydrogen-bond donors (Lipinski definition) is 2. The van der Waals surface area contributed by atoms with Gasteiger partial charge in [0.1, 0.15) is 18.9 Å². The molecule has 0 radical (unpaired) electrons. The maximum atomic E-state index is 11.7. The monoisotopic (exact) mass is 293 g/mol. The number of carbonyl (C=O) groups is 1. The SMILES string of the molecule is C=CCNCC(=O)Nc1cc2c(cc1[N+](=O)[O-])OCCO2. The maximum absolute atomic E-state index is 11.7. The molecule has 8 nitrogen and oxygen atoms in total. The van der Waals surface area contributed by atoms with Crippen molar-refractivity contribution in [3.8, 4) is 11.5 Å². The lowest BCUT2D eigenvalue weighted by molar-refractivity contribution is -0.384. The molecule has 2 N–H and O–H groups in total. The van der Waals surface area contributed by atoms with E-state index in [4.69, 9.17) is 9.47 Å². The number of nitro benzene ring substituents is 1. The molecular weight excluding hydrogens is 278 g/mol. The predicted octanol–water partition coefficient (Wildman–Crippen LogP) is 1.08. The Balaban J connectivity index is 2.18. The highest BCUT2D eigenvalue weighted by molar-refractivity contribution is 5.95. The first kappa shape index (κ1) is 14.8. The van der Waals surface area contributed by atoms with Gasteiger partial charge in [0, 0.05) is 12.6 Å². The Morgan fingerprint density at radius 2 is 2.05 bits per heavy atom. The number of nitrogens with one attached hydrogen (secondary N) is 2. The Hall–Kier alpha value is -2.61. The van der Waals surface area contributed by atoms with Crippen LogP contribution >= 0.6 is 0 Å². The first-order valence-corrected chi connectivity index (χ1v) is 6.31. The van der Waals surface area contributed by atoms with Gasteiger partial charge in [-0.05, 0) is 0 Å². The van der Waals surface area contributed by atoms with Crippen molar-refractivity contribution in [1.29, 1.82) is 0 Å². The van der Waals surface area contributed by atoms with Crippen LogP contribution < -0.4 is 20.1 Å². The number of nitrogens with zero attached hydrogens (tertiary/aromatic N) is 1. The number of ether oxygens (including phenoxy) is 2. The summed E-state index contributed by atoms with van der Waals surface area (Å²) in [4.78, 5) is 22.2. The summed E-state index contributed by atoms with van der Waals surface area (Å²) in [5.74, 6) is 0.286. The Kier molecular flexibility index (Phi) is 4.72. The van der Waals surface area contributed by atoms with E-state index in [0.29, 0.717) is 31.3 Å². The largest absolute Gasteiger partial charge is 0.486 e. The predicted molar refractivity (Wildman–Crippen MR) is 75.8 cm³/mol. The third kappa shape index (κ3) is 3.69. The molecule has 0 unspecified atom stereocenters. The summed E-state index contributed by atoms with van der Waals surface area (Å²) in [6.45, 7) is 4.70. The van der Waals surface area contributed by atoms with Gasteiger partial charge in [-0.2, -0.15) is 0 Å². The summed E-state index contributed by atoms with van der Waals surface area (Å²) in [5, 5.41) is 16.4. The minimum absolute atomic E-state index is 0.0254. The minimum Gasteiger partial charge on any atom is -0.486 e. The summed E-state index contributed by atoms with van der Waals surface area (Å²) in [6, 6.07) is 2.65. The van der Waals surface area contributed by atoms with Gasteiger partial charge in [-0.25, -0.2) is 0 Å². The van der Waals surface area contributed by atoms with E-state index >= 15 is 0 Å². The molecule has 0 saturated heterocycles. The number of anilines is 1. The van der Waals surface area contributed by atoms with Gasteiger partial charge >= 0.3 is 0 Å². The van der Waals surface area contributed by atoms with E-state index in [0.717, 1.165) is 0 Å². The van der Waals surface area contributed by atoms with Gasteiger partial charge < -0.3 is 20.1 Å². The van der Waals surface area contributed by atoms with E-state index in [-0.39, 0.29) is 17.9 Å². The van der Waals surface area contributed by atoms with E-state index < -0.39 is 10.8 Å². The van der Waals surface area contributed by atoms with Crippen LogP contribution in [0.15, 0.2) is 24.8 Å². The van der Waals surface area contributed by atoms with Gasteiger partial charge in [-0.3, -0.25) is 14.9 Å². The van der Waals surface area contributed by atoms with Gasteiger partial charge in [0.15, 0.2) is 11.5 Å². The van der Waals surface area contributed by atoms with Crippen molar-refractivity contribution >= 4 is 17.3 Å². The second-order valence-corrected chi connectivity index (χ2v) is 4.24. The van der Waals surface area contributed by atoms with Crippen LogP contribution in [0.1, 0.15) is 0 Å². The zero-order valence-electron chi connectivity index (χ0n) is 11.3. The van der Waals surface area contributed by atoms with Crippen LogP contribution in [-0.2, 0) is 4.79 Å². The number of fused-ring (bicyclic) bond motifs is 1. The van der Waals surface area contributed by atoms with Crippen LogP contribution in [0.3, 0.4) is 0 Å². The second-order valence-electron chi connectivity index (χ2n) is 4.24. The fourth-order valence-electron chi connectivity index (χ4n) is 1.81. The van der Waals surface area contributed by atoms with Crippen LogP contribution in [0.5, 0.6) is 11.5 Å². The third-order valence-electron chi connectivity index (χ3n) is 2.71. The average Bonchev–Trinajstić information content (AvgIpc) is 2.46. The molecule has 1 aliphatic rings. The molecule has 2 rings (SSSR count). The number of amides is 1. The van der Waals surface area contributed by atoms with Gasteiger partial charge in [0.2, 0.25) is 5.91 Å². The van der Waals surface area contributed by atoms with Crippen molar-refractivity contribution in [3.05, 3.63) is 34.9 Å². The van der Waals surface area contributed by atoms with Crippen molar-refractivity contribution < 1.29 is 19.2 Å². The molecule has 8 heteroatoms. The highest BCUT2D eigenvalue weighted by Crippen LogP contribution is 2.39. The lowest BCUT2D eigenvalue weighted by Gasteiger charge is -2.19. The van der Waals surface area contributed by atoms with Crippen LogP contribution in [0, 0.1) is 10.1 Å². The topological polar surface area (TPSA) is 103 Å². The van der Waals surface area contributed by atoms with Crippen LogP contribution in [0.25, 0.3) is 0 Å². The number of rotatable bonds is 6.